The van der Waals surface area contributed by atoms with Gasteiger partial charge in [-0.3, -0.25) is 0 Å². The van der Waals surface area contributed by atoms with Crippen molar-refractivity contribution >= 4 is 6.03 Å². The summed E-state index contributed by atoms with van der Waals surface area (Å²) < 4.78 is 7.59. The SMILES string of the molecule is Cc1nccn1Cc1cccc(CNC(=O)NC2CCCc3occc32)c1. The first-order valence-corrected chi connectivity index (χ1v) is 9.35. The molecular formula is C21H24N4O2. The van der Waals surface area contributed by atoms with Gasteiger partial charge in [-0.05, 0) is 37.0 Å². The maximum absolute atomic E-state index is 12.3. The van der Waals surface area contributed by atoms with Gasteiger partial charge in [0.05, 0.1) is 12.3 Å². The Hall–Kier alpha value is -3.02. The fraction of sp³-hybridized carbons (Fsp3) is 0.333. The number of fused-ring (bicyclic) bond motifs is 1. The lowest BCUT2D eigenvalue weighted by Crippen LogP contribution is -2.38. The van der Waals surface area contributed by atoms with Gasteiger partial charge in [0, 0.05) is 37.5 Å². The summed E-state index contributed by atoms with van der Waals surface area (Å²) in [5.41, 5.74) is 3.37. The minimum absolute atomic E-state index is 0.0306. The topological polar surface area (TPSA) is 72.1 Å². The molecule has 0 spiro atoms. The molecule has 6 nitrogen and oxygen atoms in total. The molecule has 1 aromatic carbocycles. The molecular weight excluding hydrogens is 340 g/mol. The van der Waals surface area contributed by atoms with Crippen LogP contribution in [0.4, 0.5) is 4.79 Å². The third-order valence-corrected chi connectivity index (χ3v) is 5.08. The van der Waals surface area contributed by atoms with Gasteiger partial charge < -0.3 is 19.6 Å². The number of furan rings is 1. The van der Waals surface area contributed by atoms with E-state index in [4.69, 9.17) is 4.42 Å². The molecule has 0 saturated carbocycles. The molecule has 2 heterocycles. The fourth-order valence-corrected chi connectivity index (χ4v) is 3.63. The van der Waals surface area contributed by atoms with Crippen LogP contribution in [0, 0.1) is 6.92 Å². The lowest BCUT2D eigenvalue weighted by atomic mass is 9.93. The van der Waals surface area contributed by atoms with Crippen molar-refractivity contribution in [3.63, 3.8) is 0 Å². The van der Waals surface area contributed by atoms with Gasteiger partial charge >= 0.3 is 6.03 Å². The van der Waals surface area contributed by atoms with Gasteiger partial charge in [0.25, 0.3) is 0 Å². The standard InChI is InChI=1S/C21H24N4O2/c1-15-22-9-10-25(15)14-17-5-2-4-16(12-17)13-23-21(26)24-19-6-3-7-20-18(19)8-11-27-20/h2,4-5,8-12,19H,3,6-7,13-14H2,1H3,(H2,23,24,26). The summed E-state index contributed by atoms with van der Waals surface area (Å²) in [7, 11) is 0. The molecule has 1 aliphatic rings. The summed E-state index contributed by atoms with van der Waals surface area (Å²) in [6.45, 7) is 3.26. The number of rotatable bonds is 5. The van der Waals surface area contributed by atoms with Crippen LogP contribution < -0.4 is 10.6 Å². The summed E-state index contributed by atoms with van der Waals surface area (Å²) in [4.78, 5) is 16.6. The molecule has 3 aromatic rings. The lowest BCUT2D eigenvalue weighted by Gasteiger charge is -2.22. The summed E-state index contributed by atoms with van der Waals surface area (Å²) >= 11 is 0. The molecule has 1 unspecified atom stereocenters. The Balaban J connectivity index is 1.33. The maximum Gasteiger partial charge on any atom is 0.315 e. The molecule has 0 fully saturated rings. The van der Waals surface area contributed by atoms with Gasteiger partial charge in [-0.1, -0.05) is 24.3 Å². The number of aryl methyl sites for hydroxylation is 2. The molecule has 0 radical (unpaired) electrons. The van der Waals surface area contributed by atoms with E-state index in [1.807, 2.05) is 37.5 Å². The highest BCUT2D eigenvalue weighted by atomic mass is 16.3. The number of hydrogen-bond donors (Lipinski definition) is 2. The van der Waals surface area contributed by atoms with Gasteiger partial charge in [0.2, 0.25) is 0 Å². The van der Waals surface area contributed by atoms with E-state index in [1.165, 1.54) is 5.56 Å². The third-order valence-electron chi connectivity index (χ3n) is 5.08. The number of urea groups is 1. The van der Waals surface area contributed by atoms with Crippen LogP contribution in [-0.2, 0) is 19.5 Å². The number of hydrogen-bond acceptors (Lipinski definition) is 3. The Morgan fingerprint density at radius 1 is 1.33 bits per heavy atom. The predicted octanol–water partition coefficient (Wildman–Crippen LogP) is 3.71. The van der Waals surface area contributed by atoms with Crippen molar-refractivity contribution in [1.82, 2.24) is 20.2 Å². The molecule has 140 valence electrons. The number of carbonyl (C=O) groups is 1. The largest absolute Gasteiger partial charge is 0.469 e. The zero-order chi connectivity index (χ0) is 18.6. The van der Waals surface area contributed by atoms with E-state index in [0.29, 0.717) is 6.54 Å². The van der Waals surface area contributed by atoms with E-state index >= 15 is 0 Å². The molecule has 2 amide bonds. The van der Waals surface area contributed by atoms with E-state index in [-0.39, 0.29) is 12.1 Å². The zero-order valence-electron chi connectivity index (χ0n) is 15.4. The van der Waals surface area contributed by atoms with Crippen molar-refractivity contribution < 1.29 is 9.21 Å². The van der Waals surface area contributed by atoms with Crippen LogP contribution in [0.3, 0.4) is 0 Å². The first-order valence-electron chi connectivity index (χ1n) is 9.35. The molecule has 1 aliphatic carbocycles. The minimum atomic E-state index is -0.148. The van der Waals surface area contributed by atoms with E-state index in [9.17, 15) is 4.79 Å². The first-order chi connectivity index (χ1) is 13.2. The highest BCUT2D eigenvalue weighted by Crippen LogP contribution is 2.30. The van der Waals surface area contributed by atoms with E-state index in [2.05, 4.69) is 32.3 Å². The molecule has 2 aromatic heterocycles. The highest BCUT2D eigenvalue weighted by Gasteiger charge is 2.23. The van der Waals surface area contributed by atoms with Crippen molar-refractivity contribution in [1.29, 1.82) is 0 Å². The van der Waals surface area contributed by atoms with Gasteiger partial charge in [0.15, 0.2) is 0 Å². The number of aromatic nitrogens is 2. The average Bonchev–Trinajstić information content (AvgIpc) is 3.30. The number of amides is 2. The normalized spacial score (nSPS) is 16.0. The Bertz CT molecular complexity index is 928. The lowest BCUT2D eigenvalue weighted by molar-refractivity contribution is 0.234. The summed E-state index contributed by atoms with van der Waals surface area (Å²) in [5, 5.41) is 6.03. The molecule has 0 aliphatic heterocycles. The number of carbonyl (C=O) groups excluding carboxylic acids is 1. The number of imidazole rings is 1. The van der Waals surface area contributed by atoms with Gasteiger partial charge in [0.1, 0.15) is 11.6 Å². The van der Waals surface area contributed by atoms with Crippen LogP contribution in [0.25, 0.3) is 0 Å². The Morgan fingerprint density at radius 2 is 2.22 bits per heavy atom. The fourth-order valence-electron chi connectivity index (χ4n) is 3.63. The van der Waals surface area contributed by atoms with Gasteiger partial charge in [-0.2, -0.15) is 0 Å². The number of nitrogens with one attached hydrogen (secondary N) is 2. The highest BCUT2D eigenvalue weighted by molar-refractivity contribution is 5.74. The third kappa shape index (κ3) is 4.05. The van der Waals surface area contributed by atoms with Crippen LogP contribution >= 0.6 is 0 Å². The van der Waals surface area contributed by atoms with E-state index in [0.717, 1.165) is 48.5 Å². The quantitative estimate of drug-likeness (QED) is 0.725. The van der Waals surface area contributed by atoms with Crippen molar-refractivity contribution in [3.05, 3.63) is 77.3 Å². The molecule has 0 saturated heterocycles. The Labute approximate surface area is 158 Å². The van der Waals surface area contributed by atoms with Crippen molar-refractivity contribution in [2.75, 3.05) is 0 Å². The Kier molecular flexibility index (Phi) is 4.96. The number of benzene rings is 1. The van der Waals surface area contributed by atoms with Crippen LogP contribution in [0.2, 0.25) is 0 Å². The second-order valence-electron chi connectivity index (χ2n) is 6.99. The van der Waals surface area contributed by atoms with Crippen molar-refractivity contribution in [2.45, 2.75) is 45.3 Å². The van der Waals surface area contributed by atoms with Crippen molar-refractivity contribution in [3.8, 4) is 0 Å². The van der Waals surface area contributed by atoms with Crippen molar-refractivity contribution in [2.24, 2.45) is 0 Å². The van der Waals surface area contributed by atoms with Gasteiger partial charge in [-0.15, -0.1) is 0 Å². The Morgan fingerprint density at radius 3 is 3.07 bits per heavy atom. The van der Waals surface area contributed by atoms with Crippen LogP contribution in [0.15, 0.2) is 53.4 Å². The number of nitrogens with zero attached hydrogens (tertiary/aromatic N) is 2. The molecule has 1 atom stereocenters. The summed E-state index contributed by atoms with van der Waals surface area (Å²) in [5.74, 6) is 1.98. The average molecular weight is 364 g/mol. The van der Waals surface area contributed by atoms with Crippen LogP contribution in [-0.4, -0.2) is 15.6 Å². The summed E-state index contributed by atoms with van der Waals surface area (Å²) in [6, 6.07) is 10.1. The molecule has 4 rings (SSSR count). The summed E-state index contributed by atoms with van der Waals surface area (Å²) in [6.07, 6.45) is 8.41. The predicted molar refractivity (Wildman–Crippen MR) is 102 cm³/mol. The monoisotopic (exact) mass is 364 g/mol. The maximum atomic E-state index is 12.3. The molecule has 27 heavy (non-hydrogen) atoms. The minimum Gasteiger partial charge on any atom is -0.469 e. The van der Waals surface area contributed by atoms with Gasteiger partial charge in [-0.25, -0.2) is 9.78 Å². The van der Waals surface area contributed by atoms with Crippen LogP contribution in [0.5, 0.6) is 0 Å². The van der Waals surface area contributed by atoms with Crippen LogP contribution in [0.1, 0.15) is 47.2 Å². The molecule has 6 heteroatoms. The second kappa shape index (κ2) is 7.70. The van der Waals surface area contributed by atoms with E-state index < -0.39 is 0 Å². The van der Waals surface area contributed by atoms with E-state index in [1.54, 1.807) is 6.26 Å². The molecule has 0 bridgehead atoms. The smallest absolute Gasteiger partial charge is 0.315 e. The first kappa shape index (κ1) is 17.4. The molecule has 2 N–H and O–H groups in total. The second-order valence-corrected chi connectivity index (χ2v) is 6.99. The zero-order valence-corrected chi connectivity index (χ0v) is 15.4.